The summed E-state index contributed by atoms with van der Waals surface area (Å²) in [6, 6.07) is 12.8. The zero-order valence-electron chi connectivity index (χ0n) is 23.0. The van der Waals surface area contributed by atoms with Gasteiger partial charge in [0.1, 0.15) is 11.9 Å². The third-order valence-corrected chi connectivity index (χ3v) is 7.47. The Morgan fingerprint density at radius 2 is 1.80 bits per heavy atom. The Kier molecular flexibility index (Phi) is 9.20. The second-order valence-corrected chi connectivity index (χ2v) is 11.2. The minimum Gasteiger partial charge on any atom is -0.480 e. The highest BCUT2D eigenvalue weighted by Crippen LogP contribution is 2.23. The van der Waals surface area contributed by atoms with E-state index in [4.69, 9.17) is 0 Å². The number of fused-ring (bicyclic) bond motifs is 1. The summed E-state index contributed by atoms with van der Waals surface area (Å²) in [5, 5.41) is 20.5. The van der Waals surface area contributed by atoms with Crippen molar-refractivity contribution < 1.29 is 23.1 Å². The molecule has 0 aliphatic rings. The van der Waals surface area contributed by atoms with Gasteiger partial charge in [0.05, 0.1) is 17.4 Å². The van der Waals surface area contributed by atoms with Crippen molar-refractivity contribution in [2.75, 3.05) is 23.1 Å². The first-order chi connectivity index (χ1) is 19.5. The SMILES string of the molecule is Cc1cc(C)c(NS(=O)(=O)N[C@@H](CNC(=O)c2ccc3c(cnn3CCCNc3ccccn3)c2)C(=O)O)c(C)c1. The number of hydrogen-bond donors (Lipinski definition) is 5. The lowest BCUT2D eigenvalue weighted by Crippen LogP contribution is -2.50. The average molecular weight is 580 g/mol. The van der Waals surface area contributed by atoms with Gasteiger partial charge < -0.3 is 15.7 Å². The number of aryl methyl sites for hydroxylation is 4. The van der Waals surface area contributed by atoms with Crippen LogP contribution in [0.5, 0.6) is 0 Å². The van der Waals surface area contributed by atoms with Gasteiger partial charge in [-0.1, -0.05) is 23.8 Å². The van der Waals surface area contributed by atoms with Crippen LogP contribution in [-0.2, 0) is 21.5 Å². The zero-order chi connectivity index (χ0) is 29.6. The minimum absolute atomic E-state index is 0.296. The third-order valence-electron chi connectivity index (χ3n) is 6.40. The lowest BCUT2D eigenvalue weighted by molar-refractivity contribution is -0.138. The number of rotatable bonds is 13. The highest BCUT2D eigenvalue weighted by molar-refractivity contribution is 7.90. The van der Waals surface area contributed by atoms with Gasteiger partial charge in [0.15, 0.2) is 0 Å². The molecule has 0 aliphatic carbocycles. The fourth-order valence-corrected chi connectivity index (χ4v) is 5.70. The number of carboxylic acid groups (broad SMARTS) is 1. The van der Waals surface area contributed by atoms with Crippen molar-refractivity contribution >= 4 is 44.5 Å². The van der Waals surface area contributed by atoms with Gasteiger partial charge in [-0.3, -0.25) is 19.0 Å². The van der Waals surface area contributed by atoms with Crippen molar-refractivity contribution in [3.05, 3.63) is 83.2 Å². The molecule has 0 aliphatic heterocycles. The van der Waals surface area contributed by atoms with Gasteiger partial charge in [-0.25, -0.2) is 4.98 Å². The fraction of sp³-hybridized carbons (Fsp3) is 0.286. The molecule has 41 heavy (non-hydrogen) atoms. The topological polar surface area (TPSA) is 167 Å². The van der Waals surface area contributed by atoms with E-state index in [1.807, 2.05) is 41.9 Å². The van der Waals surface area contributed by atoms with Crippen molar-refractivity contribution in [1.82, 2.24) is 24.8 Å². The Balaban J connectivity index is 1.34. The van der Waals surface area contributed by atoms with E-state index in [9.17, 15) is 23.1 Å². The van der Waals surface area contributed by atoms with Crippen LogP contribution in [0.15, 0.2) is 60.9 Å². The van der Waals surface area contributed by atoms with Crippen molar-refractivity contribution in [1.29, 1.82) is 0 Å². The Hall–Kier alpha value is -4.49. The maximum atomic E-state index is 12.8. The van der Waals surface area contributed by atoms with Gasteiger partial charge in [-0.05, 0) is 68.7 Å². The van der Waals surface area contributed by atoms with Gasteiger partial charge in [-0.2, -0.15) is 18.2 Å². The van der Waals surface area contributed by atoms with Gasteiger partial charge >= 0.3 is 5.97 Å². The van der Waals surface area contributed by atoms with Crippen LogP contribution in [0, 0.1) is 20.8 Å². The van der Waals surface area contributed by atoms with Crippen molar-refractivity contribution in [3.8, 4) is 0 Å². The van der Waals surface area contributed by atoms with E-state index in [-0.39, 0.29) is 0 Å². The second kappa shape index (κ2) is 12.8. The lowest BCUT2D eigenvalue weighted by Gasteiger charge is -2.18. The number of carbonyl (C=O) groups is 2. The van der Waals surface area contributed by atoms with Crippen LogP contribution in [0.1, 0.15) is 33.5 Å². The third kappa shape index (κ3) is 7.80. The largest absolute Gasteiger partial charge is 0.480 e. The Bertz CT molecular complexity index is 1630. The number of aromatic nitrogens is 3. The molecule has 0 fully saturated rings. The maximum absolute atomic E-state index is 12.8. The fourth-order valence-electron chi connectivity index (χ4n) is 4.49. The van der Waals surface area contributed by atoms with E-state index in [0.29, 0.717) is 35.5 Å². The molecule has 5 N–H and O–H groups in total. The maximum Gasteiger partial charge on any atom is 0.323 e. The number of nitrogens with zero attached hydrogens (tertiary/aromatic N) is 3. The number of hydrogen-bond acceptors (Lipinski definition) is 7. The van der Waals surface area contributed by atoms with Crippen molar-refractivity contribution in [3.63, 3.8) is 0 Å². The highest BCUT2D eigenvalue weighted by Gasteiger charge is 2.25. The van der Waals surface area contributed by atoms with Crippen LogP contribution >= 0.6 is 0 Å². The molecule has 0 saturated carbocycles. The molecule has 4 rings (SSSR count). The summed E-state index contributed by atoms with van der Waals surface area (Å²) in [6.45, 7) is 6.33. The van der Waals surface area contributed by atoms with E-state index in [2.05, 4.69) is 30.2 Å². The number of aliphatic carboxylic acids is 1. The first-order valence-electron chi connectivity index (χ1n) is 13.0. The number of carboxylic acids is 1. The highest BCUT2D eigenvalue weighted by atomic mass is 32.2. The second-order valence-electron chi connectivity index (χ2n) is 9.73. The first-order valence-corrected chi connectivity index (χ1v) is 14.5. The summed E-state index contributed by atoms with van der Waals surface area (Å²) in [7, 11) is -4.25. The van der Waals surface area contributed by atoms with Gasteiger partial charge in [0, 0.05) is 36.8 Å². The number of anilines is 2. The Morgan fingerprint density at radius 3 is 2.49 bits per heavy atom. The normalized spacial score (nSPS) is 12.2. The van der Waals surface area contributed by atoms with E-state index in [1.54, 1.807) is 44.4 Å². The number of nitrogens with one attached hydrogen (secondary N) is 4. The predicted octanol–water partition coefficient (Wildman–Crippen LogP) is 2.99. The van der Waals surface area contributed by atoms with E-state index < -0.39 is 34.7 Å². The lowest BCUT2D eigenvalue weighted by atomic mass is 10.1. The quantitative estimate of drug-likeness (QED) is 0.151. The van der Waals surface area contributed by atoms with Crippen LogP contribution in [-0.4, -0.2) is 59.3 Å². The predicted molar refractivity (Wildman–Crippen MR) is 157 cm³/mol. The molecule has 0 bridgehead atoms. The van der Waals surface area contributed by atoms with Crippen LogP contribution in [0.3, 0.4) is 0 Å². The van der Waals surface area contributed by atoms with Gasteiger partial charge in [0.25, 0.3) is 16.1 Å². The Labute approximate surface area is 238 Å². The smallest absolute Gasteiger partial charge is 0.323 e. The summed E-state index contributed by atoms with van der Waals surface area (Å²) >= 11 is 0. The summed E-state index contributed by atoms with van der Waals surface area (Å²) in [6.07, 6.45) is 4.19. The molecule has 0 saturated heterocycles. The minimum atomic E-state index is -4.25. The van der Waals surface area contributed by atoms with Crippen LogP contribution in [0.4, 0.5) is 11.5 Å². The molecule has 1 amide bonds. The molecule has 12 nitrogen and oxygen atoms in total. The molecule has 4 aromatic rings. The van der Waals surface area contributed by atoms with Crippen molar-refractivity contribution in [2.45, 2.75) is 39.8 Å². The van der Waals surface area contributed by atoms with Crippen LogP contribution < -0.4 is 20.1 Å². The average Bonchev–Trinajstić information content (AvgIpc) is 3.33. The van der Waals surface area contributed by atoms with E-state index in [1.165, 1.54) is 0 Å². The number of benzene rings is 2. The molecule has 216 valence electrons. The van der Waals surface area contributed by atoms with Crippen LogP contribution in [0.2, 0.25) is 0 Å². The summed E-state index contributed by atoms with van der Waals surface area (Å²) < 4.78 is 31.8. The van der Waals surface area contributed by atoms with Gasteiger partial charge in [-0.15, -0.1) is 0 Å². The monoisotopic (exact) mass is 579 g/mol. The number of carbonyl (C=O) groups excluding carboxylic acids is 1. The molecule has 2 aromatic carbocycles. The number of amides is 1. The van der Waals surface area contributed by atoms with Crippen molar-refractivity contribution in [2.24, 2.45) is 0 Å². The first kappa shape index (κ1) is 29.5. The van der Waals surface area contributed by atoms with Gasteiger partial charge in [0.2, 0.25) is 0 Å². The molecule has 1 atom stereocenters. The number of pyridine rings is 1. The molecule has 13 heteroatoms. The molecular formula is C28H33N7O5S. The molecule has 2 heterocycles. The van der Waals surface area contributed by atoms with Crippen LogP contribution in [0.25, 0.3) is 10.9 Å². The zero-order valence-corrected chi connectivity index (χ0v) is 23.8. The summed E-state index contributed by atoms with van der Waals surface area (Å²) in [4.78, 5) is 28.8. The van der Waals surface area contributed by atoms with E-state index >= 15 is 0 Å². The summed E-state index contributed by atoms with van der Waals surface area (Å²) in [5.41, 5.74) is 3.89. The molecule has 0 spiro atoms. The Morgan fingerprint density at radius 1 is 1.05 bits per heavy atom. The molecule has 2 aromatic heterocycles. The molecular weight excluding hydrogens is 546 g/mol. The standard InChI is InChI=1S/C28H33N7O5S/c1-18-13-19(2)26(20(3)14-18)34-41(39,40)33-23(28(37)38)17-31-27(36)21-8-9-24-22(15-21)16-32-35(24)12-6-11-30-25-7-4-5-10-29-25/h4-5,7-10,13-16,23,33-34H,6,11-12,17H2,1-3H3,(H,29,30)(H,31,36)(H,37,38)/t23-/m0/s1. The molecule has 0 unspecified atom stereocenters. The summed E-state index contributed by atoms with van der Waals surface area (Å²) in [5.74, 6) is -1.16. The van der Waals surface area contributed by atoms with E-state index in [0.717, 1.165) is 28.7 Å². The molecule has 0 radical (unpaired) electrons.